The maximum Gasteiger partial charge on any atom is 0.240 e. The second-order valence-corrected chi connectivity index (χ2v) is 3.37. The number of nitrogens with zero attached hydrogens (tertiary/aromatic N) is 1. The van der Waals surface area contributed by atoms with Crippen LogP contribution in [0.25, 0.3) is 0 Å². The van der Waals surface area contributed by atoms with Crippen LogP contribution in [-0.4, -0.2) is 6.08 Å². The second-order valence-electron chi connectivity index (χ2n) is 3.37. The summed E-state index contributed by atoms with van der Waals surface area (Å²) in [6.45, 7) is 6.21. The van der Waals surface area contributed by atoms with Crippen molar-refractivity contribution < 1.29 is 4.79 Å². The zero-order valence-electron chi connectivity index (χ0n) is 8.16. The number of hydrogen-bond donors (Lipinski definition) is 0. The van der Waals surface area contributed by atoms with Crippen LogP contribution in [0.2, 0.25) is 0 Å². The third kappa shape index (κ3) is 2.04. The van der Waals surface area contributed by atoms with Crippen LogP contribution in [0.4, 0.5) is 5.69 Å². The van der Waals surface area contributed by atoms with E-state index in [-0.39, 0.29) is 0 Å². The highest BCUT2D eigenvalue weighted by Crippen LogP contribution is 2.29. The quantitative estimate of drug-likeness (QED) is 0.501. The number of benzene rings is 1. The van der Waals surface area contributed by atoms with Crippen LogP contribution >= 0.6 is 0 Å². The molecule has 1 aromatic carbocycles. The van der Waals surface area contributed by atoms with Gasteiger partial charge >= 0.3 is 0 Å². The van der Waals surface area contributed by atoms with E-state index >= 15 is 0 Å². The number of rotatable bonds is 2. The van der Waals surface area contributed by atoms with Crippen molar-refractivity contribution in [2.45, 2.75) is 26.7 Å². The van der Waals surface area contributed by atoms with Gasteiger partial charge in [-0.25, -0.2) is 4.79 Å². The van der Waals surface area contributed by atoms with E-state index in [0.29, 0.717) is 5.92 Å². The molecule has 68 valence electrons. The molecule has 0 fully saturated rings. The van der Waals surface area contributed by atoms with Crippen molar-refractivity contribution in [1.82, 2.24) is 0 Å². The molecule has 0 amide bonds. The first-order valence-electron chi connectivity index (χ1n) is 4.34. The summed E-state index contributed by atoms with van der Waals surface area (Å²) >= 11 is 0. The van der Waals surface area contributed by atoms with Gasteiger partial charge in [-0.05, 0) is 30.0 Å². The SMILES string of the molecule is Cc1cccc(N=C=O)c1C(C)C. The van der Waals surface area contributed by atoms with E-state index in [1.165, 1.54) is 5.56 Å². The number of isocyanates is 1. The zero-order chi connectivity index (χ0) is 9.84. The van der Waals surface area contributed by atoms with Gasteiger partial charge in [0.2, 0.25) is 6.08 Å². The Morgan fingerprint density at radius 1 is 1.38 bits per heavy atom. The van der Waals surface area contributed by atoms with Crippen LogP contribution in [0.3, 0.4) is 0 Å². The minimum atomic E-state index is 0.383. The Bertz CT molecular complexity index is 349. The Morgan fingerprint density at radius 2 is 2.08 bits per heavy atom. The predicted octanol–water partition coefficient (Wildman–Crippen LogP) is 3.09. The van der Waals surface area contributed by atoms with E-state index in [4.69, 9.17) is 0 Å². The largest absolute Gasteiger partial charge is 0.240 e. The third-order valence-electron chi connectivity index (χ3n) is 2.04. The third-order valence-corrected chi connectivity index (χ3v) is 2.04. The first kappa shape index (κ1) is 9.69. The van der Waals surface area contributed by atoms with Gasteiger partial charge in [-0.1, -0.05) is 26.0 Å². The van der Waals surface area contributed by atoms with Crippen molar-refractivity contribution in [2.75, 3.05) is 0 Å². The van der Waals surface area contributed by atoms with E-state index in [9.17, 15) is 4.79 Å². The number of aliphatic imine (C=N–C) groups is 1. The molecule has 0 bridgehead atoms. The molecule has 0 aliphatic heterocycles. The fourth-order valence-corrected chi connectivity index (χ4v) is 1.56. The number of aryl methyl sites for hydroxylation is 1. The average Bonchev–Trinajstić information content (AvgIpc) is 2.04. The van der Waals surface area contributed by atoms with Gasteiger partial charge in [0.1, 0.15) is 0 Å². The lowest BCUT2D eigenvalue weighted by Crippen LogP contribution is -1.91. The van der Waals surface area contributed by atoms with Crippen molar-refractivity contribution in [3.63, 3.8) is 0 Å². The highest BCUT2D eigenvalue weighted by Gasteiger charge is 2.07. The van der Waals surface area contributed by atoms with E-state index in [0.717, 1.165) is 11.3 Å². The van der Waals surface area contributed by atoms with Gasteiger partial charge in [-0.2, -0.15) is 4.99 Å². The molecule has 0 heterocycles. The molecule has 1 rings (SSSR count). The van der Waals surface area contributed by atoms with E-state index in [2.05, 4.69) is 18.8 Å². The standard InChI is InChI=1S/C11H13NO/c1-8(2)11-9(3)5-4-6-10(11)12-7-13/h4-6,8H,1-3H3. The molecule has 0 spiro atoms. The predicted molar refractivity (Wildman–Crippen MR) is 53.0 cm³/mol. The maximum absolute atomic E-state index is 10.2. The molecule has 0 atom stereocenters. The Morgan fingerprint density at radius 3 is 2.62 bits per heavy atom. The Balaban J connectivity index is 3.33. The van der Waals surface area contributed by atoms with Gasteiger partial charge in [0.25, 0.3) is 0 Å². The Labute approximate surface area is 78.3 Å². The fraction of sp³-hybridized carbons (Fsp3) is 0.364. The second kappa shape index (κ2) is 4.01. The zero-order valence-corrected chi connectivity index (χ0v) is 8.16. The smallest absolute Gasteiger partial charge is 0.211 e. The lowest BCUT2D eigenvalue weighted by atomic mass is 9.96. The molecule has 13 heavy (non-hydrogen) atoms. The molecule has 0 saturated heterocycles. The van der Waals surface area contributed by atoms with Crippen LogP contribution in [0.1, 0.15) is 30.9 Å². The molecule has 0 aromatic heterocycles. The first-order valence-corrected chi connectivity index (χ1v) is 4.34. The highest BCUT2D eigenvalue weighted by molar-refractivity contribution is 5.57. The lowest BCUT2D eigenvalue weighted by molar-refractivity contribution is 0.565. The number of carbonyl (C=O) groups excluding carboxylic acids is 1. The molecular formula is C11H13NO. The van der Waals surface area contributed by atoms with Crippen LogP contribution in [0.5, 0.6) is 0 Å². The van der Waals surface area contributed by atoms with Gasteiger partial charge in [-0.3, -0.25) is 0 Å². The van der Waals surface area contributed by atoms with Crippen molar-refractivity contribution in [3.05, 3.63) is 29.3 Å². The van der Waals surface area contributed by atoms with Crippen molar-refractivity contribution in [1.29, 1.82) is 0 Å². The molecule has 2 nitrogen and oxygen atoms in total. The summed E-state index contributed by atoms with van der Waals surface area (Å²) in [5, 5.41) is 0. The van der Waals surface area contributed by atoms with Crippen LogP contribution in [-0.2, 0) is 4.79 Å². The molecular weight excluding hydrogens is 162 g/mol. The molecule has 0 radical (unpaired) electrons. The van der Waals surface area contributed by atoms with Gasteiger partial charge in [0.05, 0.1) is 5.69 Å². The fourth-order valence-electron chi connectivity index (χ4n) is 1.56. The van der Waals surface area contributed by atoms with Gasteiger partial charge in [0, 0.05) is 0 Å². The molecule has 0 aliphatic rings. The molecule has 2 heteroatoms. The highest BCUT2D eigenvalue weighted by atomic mass is 16.1. The number of hydrogen-bond acceptors (Lipinski definition) is 2. The monoisotopic (exact) mass is 175 g/mol. The summed E-state index contributed by atoms with van der Waals surface area (Å²) in [5.74, 6) is 0.383. The van der Waals surface area contributed by atoms with E-state index in [1.807, 2.05) is 25.1 Å². The maximum atomic E-state index is 10.2. The summed E-state index contributed by atoms with van der Waals surface area (Å²) in [6, 6.07) is 5.77. The van der Waals surface area contributed by atoms with Crippen molar-refractivity contribution in [3.8, 4) is 0 Å². The molecule has 0 N–H and O–H groups in total. The summed E-state index contributed by atoms with van der Waals surface area (Å²) in [6.07, 6.45) is 1.58. The van der Waals surface area contributed by atoms with Crippen LogP contribution in [0, 0.1) is 6.92 Å². The minimum Gasteiger partial charge on any atom is -0.211 e. The average molecular weight is 175 g/mol. The van der Waals surface area contributed by atoms with Crippen LogP contribution in [0.15, 0.2) is 23.2 Å². The van der Waals surface area contributed by atoms with Gasteiger partial charge < -0.3 is 0 Å². The van der Waals surface area contributed by atoms with Crippen molar-refractivity contribution >= 4 is 11.8 Å². The Hall–Kier alpha value is -1.40. The molecule has 0 saturated carbocycles. The van der Waals surface area contributed by atoms with E-state index < -0.39 is 0 Å². The molecule has 0 unspecified atom stereocenters. The summed E-state index contributed by atoms with van der Waals surface area (Å²) in [4.78, 5) is 13.9. The van der Waals surface area contributed by atoms with E-state index in [1.54, 1.807) is 6.08 Å². The molecule has 0 aliphatic carbocycles. The summed E-state index contributed by atoms with van der Waals surface area (Å²) < 4.78 is 0. The normalized spacial score (nSPS) is 9.85. The van der Waals surface area contributed by atoms with Crippen LogP contribution < -0.4 is 0 Å². The lowest BCUT2D eigenvalue weighted by Gasteiger charge is -2.11. The van der Waals surface area contributed by atoms with Crippen molar-refractivity contribution in [2.24, 2.45) is 4.99 Å². The Kier molecular flexibility index (Phi) is 2.99. The summed E-state index contributed by atoms with van der Waals surface area (Å²) in [7, 11) is 0. The topological polar surface area (TPSA) is 29.4 Å². The first-order chi connectivity index (χ1) is 6.16. The van der Waals surface area contributed by atoms with Gasteiger partial charge in [-0.15, -0.1) is 0 Å². The van der Waals surface area contributed by atoms with Gasteiger partial charge in [0.15, 0.2) is 0 Å². The molecule has 1 aromatic rings. The minimum absolute atomic E-state index is 0.383. The summed E-state index contributed by atoms with van der Waals surface area (Å²) in [5.41, 5.74) is 3.04.